The van der Waals surface area contributed by atoms with Crippen molar-refractivity contribution in [1.82, 2.24) is 20.0 Å². The van der Waals surface area contributed by atoms with Gasteiger partial charge in [-0.3, -0.25) is 4.79 Å². The summed E-state index contributed by atoms with van der Waals surface area (Å²) in [6.07, 6.45) is 3.56. The normalized spacial score (nSPS) is 10.5. The van der Waals surface area contributed by atoms with Gasteiger partial charge in [-0.15, -0.1) is 11.8 Å². The average Bonchev–Trinajstić information content (AvgIpc) is 2.83. The second-order valence-corrected chi connectivity index (χ2v) is 4.75. The number of hydrogen-bond donors (Lipinski definition) is 0. The molecule has 1 amide bonds. The average molecular weight is 278 g/mol. The van der Waals surface area contributed by atoms with E-state index in [0.29, 0.717) is 22.3 Å². The van der Waals surface area contributed by atoms with Crippen LogP contribution in [0.3, 0.4) is 0 Å². The first kappa shape index (κ1) is 13.5. The number of carbonyl (C=O) groups is 1. The Bertz CT molecular complexity index is 585. The van der Waals surface area contributed by atoms with Gasteiger partial charge in [0.25, 0.3) is 5.91 Å². The minimum Gasteiger partial charge on any atom is -0.337 e. The molecule has 2 aromatic rings. The van der Waals surface area contributed by atoms with Gasteiger partial charge in [0.05, 0.1) is 12.1 Å². The van der Waals surface area contributed by atoms with Gasteiger partial charge in [0.1, 0.15) is 5.03 Å². The lowest BCUT2D eigenvalue weighted by Crippen LogP contribution is -2.27. The molecule has 100 valence electrons. The van der Waals surface area contributed by atoms with Crippen LogP contribution in [-0.2, 0) is 6.54 Å². The summed E-state index contributed by atoms with van der Waals surface area (Å²) in [6.45, 7) is 2.02. The van der Waals surface area contributed by atoms with Crippen LogP contribution in [0.25, 0.3) is 0 Å². The summed E-state index contributed by atoms with van der Waals surface area (Å²) in [6, 6.07) is 3.51. The third-order valence-electron chi connectivity index (χ3n) is 2.48. The minimum absolute atomic E-state index is 0.117. The zero-order valence-electron chi connectivity index (χ0n) is 11.0. The van der Waals surface area contributed by atoms with E-state index in [1.54, 1.807) is 32.3 Å². The number of thioether (sulfide) groups is 1. The highest BCUT2D eigenvalue weighted by atomic mass is 32.2. The molecule has 2 aromatic heterocycles. The van der Waals surface area contributed by atoms with Gasteiger partial charge >= 0.3 is 0 Å². The lowest BCUT2D eigenvalue weighted by Gasteiger charge is -2.15. The first-order valence-corrected chi connectivity index (χ1v) is 6.88. The quantitative estimate of drug-likeness (QED) is 0.794. The van der Waals surface area contributed by atoms with Crippen LogP contribution in [0.1, 0.15) is 22.1 Å². The fraction of sp³-hybridized carbons (Fsp3) is 0.333. The minimum atomic E-state index is -0.117. The molecule has 0 saturated heterocycles. The van der Waals surface area contributed by atoms with Crippen LogP contribution in [0.4, 0.5) is 0 Å². The van der Waals surface area contributed by atoms with Crippen molar-refractivity contribution in [1.29, 1.82) is 0 Å². The maximum absolute atomic E-state index is 12.3. The molecule has 2 heterocycles. The number of amides is 1. The van der Waals surface area contributed by atoms with Crippen molar-refractivity contribution in [2.75, 3.05) is 13.3 Å². The summed E-state index contributed by atoms with van der Waals surface area (Å²) in [7, 11) is 1.69. The smallest absolute Gasteiger partial charge is 0.256 e. The number of nitrogens with zero attached hydrogens (tertiary/aromatic N) is 4. The Kier molecular flexibility index (Phi) is 4.16. The molecule has 0 saturated carbocycles. The summed E-state index contributed by atoms with van der Waals surface area (Å²) in [5, 5.41) is 4.40. The molecule has 0 aliphatic rings. The lowest BCUT2D eigenvalue weighted by atomic mass is 10.2. The Morgan fingerprint density at radius 3 is 2.95 bits per heavy atom. The van der Waals surface area contributed by atoms with E-state index in [1.807, 2.05) is 6.26 Å². The van der Waals surface area contributed by atoms with Crippen LogP contribution in [-0.4, -0.2) is 39.2 Å². The van der Waals surface area contributed by atoms with E-state index in [9.17, 15) is 4.79 Å². The largest absolute Gasteiger partial charge is 0.337 e. The number of aromatic nitrogens is 3. The van der Waals surface area contributed by atoms with Crippen molar-refractivity contribution >= 4 is 17.7 Å². The molecular weight excluding hydrogens is 264 g/mol. The third kappa shape index (κ3) is 3.11. The maximum Gasteiger partial charge on any atom is 0.256 e. The Balaban J connectivity index is 2.14. The number of hydrogen-bond acceptors (Lipinski definition) is 6. The van der Waals surface area contributed by atoms with Crippen molar-refractivity contribution in [3.8, 4) is 0 Å². The first-order chi connectivity index (χ1) is 9.11. The van der Waals surface area contributed by atoms with E-state index in [4.69, 9.17) is 4.52 Å². The standard InChI is InChI=1S/C12H14N4O2S/c1-8-14-10(18-15-8)7-16(2)12(17)9-5-4-6-13-11(9)19-3/h4-6H,7H2,1-3H3. The molecule has 0 bridgehead atoms. The van der Waals surface area contributed by atoms with E-state index in [0.717, 1.165) is 0 Å². The van der Waals surface area contributed by atoms with E-state index in [2.05, 4.69) is 15.1 Å². The molecule has 0 spiro atoms. The second-order valence-electron chi connectivity index (χ2n) is 3.96. The van der Waals surface area contributed by atoms with Gasteiger partial charge in [0.2, 0.25) is 5.89 Å². The molecule has 0 fully saturated rings. The van der Waals surface area contributed by atoms with Crippen LogP contribution < -0.4 is 0 Å². The number of carbonyl (C=O) groups excluding carboxylic acids is 1. The first-order valence-electron chi connectivity index (χ1n) is 5.65. The molecule has 6 nitrogen and oxygen atoms in total. The SMILES string of the molecule is CSc1ncccc1C(=O)N(C)Cc1nc(C)no1. The maximum atomic E-state index is 12.3. The zero-order valence-corrected chi connectivity index (χ0v) is 11.8. The molecule has 0 N–H and O–H groups in total. The van der Waals surface area contributed by atoms with Crippen LogP contribution in [0.5, 0.6) is 0 Å². The molecule has 2 rings (SSSR count). The van der Waals surface area contributed by atoms with Crippen LogP contribution in [0, 0.1) is 6.92 Å². The molecule has 0 aromatic carbocycles. The fourth-order valence-electron chi connectivity index (χ4n) is 1.60. The lowest BCUT2D eigenvalue weighted by molar-refractivity contribution is 0.0765. The van der Waals surface area contributed by atoms with Crippen LogP contribution >= 0.6 is 11.8 Å². The molecule has 0 aliphatic carbocycles. The molecule has 19 heavy (non-hydrogen) atoms. The number of rotatable bonds is 4. The summed E-state index contributed by atoms with van der Waals surface area (Å²) in [5.74, 6) is 0.860. The molecule has 0 aliphatic heterocycles. The summed E-state index contributed by atoms with van der Waals surface area (Å²) in [5.41, 5.74) is 0.578. The number of pyridine rings is 1. The Labute approximate surface area is 115 Å². The highest BCUT2D eigenvalue weighted by Gasteiger charge is 2.18. The fourth-order valence-corrected chi connectivity index (χ4v) is 2.14. The molecule has 0 radical (unpaired) electrons. The van der Waals surface area contributed by atoms with Crippen LogP contribution in [0.2, 0.25) is 0 Å². The van der Waals surface area contributed by atoms with Gasteiger partial charge in [-0.25, -0.2) is 4.98 Å². The predicted octanol–water partition coefficient (Wildman–Crippen LogP) is 1.77. The Morgan fingerprint density at radius 2 is 2.32 bits per heavy atom. The van der Waals surface area contributed by atoms with E-state index in [1.165, 1.54) is 16.7 Å². The molecule has 0 unspecified atom stereocenters. The topological polar surface area (TPSA) is 72.1 Å². The van der Waals surface area contributed by atoms with Gasteiger partial charge in [0, 0.05) is 13.2 Å². The number of aryl methyl sites for hydroxylation is 1. The summed E-state index contributed by atoms with van der Waals surface area (Å²) < 4.78 is 5.00. The monoisotopic (exact) mass is 278 g/mol. The Hall–Kier alpha value is -1.89. The van der Waals surface area contributed by atoms with Gasteiger partial charge in [-0.1, -0.05) is 5.16 Å². The van der Waals surface area contributed by atoms with Crippen molar-refractivity contribution < 1.29 is 9.32 Å². The van der Waals surface area contributed by atoms with Crippen LogP contribution in [0.15, 0.2) is 27.9 Å². The zero-order chi connectivity index (χ0) is 13.8. The molecular formula is C12H14N4O2S. The highest BCUT2D eigenvalue weighted by Crippen LogP contribution is 2.18. The Morgan fingerprint density at radius 1 is 1.53 bits per heavy atom. The third-order valence-corrected chi connectivity index (χ3v) is 3.20. The van der Waals surface area contributed by atoms with Crippen molar-refractivity contribution in [3.63, 3.8) is 0 Å². The van der Waals surface area contributed by atoms with Crippen molar-refractivity contribution in [3.05, 3.63) is 35.6 Å². The van der Waals surface area contributed by atoms with Crippen molar-refractivity contribution in [2.24, 2.45) is 0 Å². The van der Waals surface area contributed by atoms with Gasteiger partial charge < -0.3 is 9.42 Å². The highest BCUT2D eigenvalue weighted by molar-refractivity contribution is 7.98. The van der Waals surface area contributed by atoms with E-state index >= 15 is 0 Å². The molecule has 0 atom stereocenters. The van der Waals surface area contributed by atoms with Gasteiger partial charge in [-0.2, -0.15) is 4.98 Å². The predicted molar refractivity (Wildman–Crippen MR) is 70.9 cm³/mol. The second kappa shape index (κ2) is 5.83. The van der Waals surface area contributed by atoms with E-state index < -0.39 is 0 Å². The van der Waals surface area contributed by atoms with E-state index in [-0.39, 0.29) is 12.5 Å². The summed E-state index contributed by atoms with van der Waals surface area (Å²) >= 11 is 1.44. The summed E-state index contributed by atoms with van der Waals surface area (Å²) in [4.78, 5) is 22.1. The van der Waals surface area contributed by atoms with Gasteiger partial charge in [-0.05, 0) is 25.3 Å². The van der Waals surface area contributed by atoms with Crippen molar-refractivity contribution in [2.45, 2.75) is 18.5 Å². The molecule has 7 heteroatoms. The van der Waals surface area contributed by atoms with Gasteiger partial charge in [0.15, 0.2) is 5.82 Å².